The van der Waals surface area contributed by atoms with Gasteiger partial charge in [-0.15, -0.1) is 0 Å². The molecular formula is C16H20N2O3. The Labute approximate surface area is 124 Å². The van der Waals surface area contributed by atoms with E-state index in [0.717, 1.165) is 23.4 Å². The smallest absolute Gasteiger partial charge is 0.352 e. The van der Waals surface area contributed by atoms with Crippen molar-refractivity contribution in [2.45, 2.75) is 33.1 Å². The Bertz CT molecular complexity index is 593. The first-order chi connectivity index (χ1) is 10.1. The lowest BCUT2D eigenvalue weighted by Crippen LogP contribution is -2.12. The van der Waals surface area contributed by atoms with Gasteiger partial charge in [-0.25, -0.2) is 4.79 Å². The van der Waals surface area contributed by atoms with E-state index in [1.165, 1.54) is 0 Å². The van der Waals surface area contributed by atoms with Crippen LogP contribution in [0.5, 0.6) is 5.75 Å². The van der Waals surface area contributed by atoms with Gasteiger partial charge >= 0.3 is 5.97 Å². The van der Waals surface area contributed by atoms with Crippen LogP contribution in [0.1, 0.15) is 38.7 Å². The molecule has 1 heterocycles. The van der Waals surface area contributed by atoms with Crippen LogP contribution in [0.15, 0.2) is 23.2 Å². The summed E-state index contributed by atoms with van der Waals surface area (Å²) in [6.07, 6.45) is 0.851. The minimum Gasteiger partial charge on any atom is -0.494 e. The summed E-state index contributed by atoms with van der Waals surface area (Å²) in [5, 5.41) is 7.88. The average Bonchev–Trinajstić information content (AvgIpc) is 2.81. The highest BCUT2D eigenvalue weighted by Gasteiger charge is 2.34. The zero-order valence-corrected chi connectivity index (χ0v) is 12.6. The number of rotatable bonds is 5. The Morgan fingerprint density at radius 1 is 1.48 bits per heavy atom. The molecule has 0 aromatic heterocycles. The minimum absolute atomic E-state index is 0.0192. The van der Waals surface area contributed by atoms with Crippen molar-refractivity contribution in [3.8, 4) is 5.75 Å². The maximum atomic E-state index is 11.4. The van der Waals surface area contributed by atoms with Crippen molar-refractivity contribution < 1.29 is 14.3 Å². The number of aliphatic imine (C=N–C) groups is 1. The summed E-state index contributed by atoms with van der Waals surface area (Å²) in [4.78, 5) is 16.0. The van der Waals surface area contributed by atoms with Crippen LogP contribution in [0.3, 0.4) is 0 Å². The molecule has 1 fully saturated rings. The maximum Gasteiger partial charge on any atom is 0.352 e. The quantitative estimate of drug-likeness (QED) is 0.667. The molecular weight excluding hydrogens is 268 g/mol. The van der Waals surface area contributed by atoms with Crippen molar-refractivity contribution in [3.63, 3.8) is 0 Å². The molecule has 2 rings (SSSR count). The number of carbonyl (C=O) groups excluding carboxylic acids is 1. The highest BCUT2D eigenvalue weighted by atomic mass is 16.5. The van der Waals surface area contributed by atoms with Crippen molar-refractivity contribution >= 4 is 23.1 Å². The van der Waals surface area contributed by atoms with E-state index in [2.05, 4.69) is 4.99 Å². The third kappa shape index (κ3) is 3.29. The Hall–Kier alpha value is -2.17. The lowest BCUT2D eigenvalue weighted by Gasteiger charge is -2.13. The van der Waals surface area contributed by atoms with Gasteiger partial charge in [0.15, 0.2) is 0 Å². The van der Waals surface area contributed by atoms with E-state index in [-0.39, 0.29) is 18.2 Å². The van der Waals surface area contributed by atoms with Crippen molar-refractivity contribution in [1.29, 1.82) is 5.41 Å². The van der Waals surface area contributed by atoms with Crippen molar-refractivity contribution in [2.75, 3.05) is 13.2 Å². The SMILES string of the molecule is CCOc1ccc(N=C(C)CC)c([C@H]2COC(=O)C2=N)c1. The fraction of sp³-hybridized carbons (Fsp3) is 0.438. The number of hydrogen-bond donors (Lipinski definition) is 1. The van der Waals surface area contributed by atoms with Gasteiger partial charge in [-0.1, -0.05) is 6.92 Å². The van der Waals surface area contributed by atoms with Gasteiger partial charge in [0.05, 0.1) is 18.2 Å². The molecule has 0 unspecified atom stereocenters. The lowest BCUT2D eigenvalue weighted by molar-refractivity contribution is -0.132. The molecule has 1 N–H and O–H groups in total. The molecule has 0 spiro atoms. The largest absolute Gasteiger partial charge is 0.494 e. The van der Waals surface area contributed by atoms with Crippen LogP contribution in [-0.2, 0) is 9.53 Å². The maximum absolute atomic E-state index is 11.4. The molecule has 0 radical (unpaired) electrons. The van der Waals surface area contributed by atoms with Crippen molar-refractivity contribution in [3.05, 3.63) is 23.8 Å². The van der Waals surface area contributed by atoms with Crippen LogP contribution in [0.25, 0.3) is 0 Å². The minimum atomic E-state index is -0.552. The predicted molar refractivity (Wildman–Crippen MR) is 82.1 cm³/mol. The summed E-state index contributed by atoms with van der Waals surface area (Å²) in [5.74, 6) is -0.210. The fourth-order valence-corrected chi connectivity index (χ4v) is 2.16. The van der Waals surface area contributed by atoms with Crippen LogP contribution >= 0.6 is 0 Å². The molecule has 112 valence electrons. The molecule has 5 heteroatoms. The number of nitrogens with one attached hydrogen (secondary N) is 1. The summed E-state index contributed by atoms with van der Waals surface area (Å²) in [7, 11) is 0. The van der Waals surface area contributed by atoms with Crippen LogP contribution in [0, 0.1) is 5.41 Å². The Balaban J connectivity index is 2.46. The monoisotopic (exact) mass is 288 g/mol. The topological polar surface area (TPSA) is 71.7 Å². The van der Waals surface area contributed by atoms with Crippen LogP contribution in [0.4, 0.5) is 5.69 Å². The van der Waals surface area contributed by atoms with Crippen molar-refractivity contribution in [1.82, 2.24) is 0 Å². The van der Waals surface area contributed by atoms with Gasteiger partial charge in [0, 0.05) is 5.71 Å². The van der Waals surface area contributed by atoms with E-state index in [1.807, 2.05) is 39.0 Å². The second kappa shape index (κ2) is 6.52. The Morgan fingerprint density at radius 2 is 2.24 bits per heavy atom. The summed E-state index contributed by atoms with van der Waals surface area (Å²) >= 11 is 0. The standard InChI is InChI=1S/C16H20N2O3/c1-4-10(3)18-14-7-6-11(20-5-2)8-12(14)13-9-21-16(19)15(13)17/h6-8,13,17H,4-5,9H2,1-3H3/t13-/m1/s1. The molecule has 1 aliphatic heterocycles. The summed E-state index contributed by atoms with van der Waals surface area (Å²) in [5.41, 5.74) is 2.56. The summed E-state index contributed by atoms with van der Waals surface area (Å²) < 4.78 is 10.5. The molecule has 0 aliphatic carbocycles. The number of ether oxygens (including phenoxy) is 2. The van der Waals surface area contributed by atoms with E-state index < -0.39 is 5.97 Å². The zero-order valence-electron chi connectivity index (χ0n) is 12.6. The Morgan fingerprint density at radius 3 is 2.81 bits per heavy atom. The lowest BCUT2D eigenvalue weighted by atomic mass is 9.94. The molecule has 0 saturated carbocycles. The molecule has 1 atom stereocenters. The van der Waals surface area contributed by atoms with E-state index in [0.29, 0.717) is 12.4 Å². The predicted octanol–water partition coefficient (Wildman–Crippen LogP) is 3.25. The summed E-state index contributed by atoms with van der Waals surface area (Å²) in [6.45, 7) is 6.67. The van der Waals surface area contributed by atoms with E-state index in [4.69, 9.17) is 14.9 Å². The molecule has 0 bridgehead atoms. The second-order valence-electron chi connectivity index (χ2n) is 4.92. The van der Waals surface area contributed by atoms with Gasteiger partial charge in [-0.05, 0) is 44.0 Å². The molecule has 1 aromatic rings. The molecule has 21 heavy (non-hydrogen) atoms. The summed E-state index contributed by atoms with van der Waals surface area (Å²) in [6, 6.07) is 5.58. The van der Waals surface area contributed by atoms with Gasteiger partial charge in [0.25, 0.3) is 0 Å². The van der Waals surface area contributed by atoms with Gasteiger partial charge in [-0.2, -0.15) is 0 Å². The van der Waals surface area contributed by atoms with Gasteiger partial charge in [-0.3, -0.25) is 10.4 Å². The highest BCUT2D eigenvalue weighted by Crippen LogP contribution is 2.34. The molecule has 0 amide bonds. The molecule has 1 aromatic carbocycles. The normalized spacial score (nSPS) is 18.8. The van der Waals surface area contributed by atoms with Crippen molar-refractivity contribution in [2.24, 2.45) is 4.99 Å². The van der Waals surface area contributed by atoms with Crippen LogP contribution in [-0.4, -0.2) is 30.6 Å². The third-order valence-corrected chi connectivity index (χ3v) is 3.46. The number of benzene rings is 1. The van der Waals surface area contributed by atoms with E-state index >= 15 is 0 Å². The molecule has 1 aliphatic rings. The first-order valence-corrected chi connectivity index (χ1v) is 7.13. The Kier molecular flexibility index (Phi) is 4.73. The van der Waals surface area contributed by atoms with Gasteiger partial charge in [0.2, 0.25) is 0 Å². The van der Waals surface area contributed by atoms with Gasteiger partial charge < -0.3 is 9.47 Å². The first-order valence-electron chi connectivity index (χ1n) is 7.13. The van der Waals surface area contributed by atoms with E-state index in [9.17, 15) is 4.79 Å². The number of nitrogens with zero attached hydrogens (tertiary/aromatic N) is 1. The molecule has 1 saturated heterocycles. The average molecular weight is 288 g/mol. The number of carbonyl (C=O) groups is 1. The second-order valence-corrected chi connectivity index (χ2v) is 4.92. The number of hydrogen-bond acceptors (Lipinski definition) is 5. The van der Waals surface area contributed by atoms with Crippen LogP contribution in [0.2, 0.25) is 0 Å². The van der Waals surface area contributed by atoms with Gasteiger partial charge in [0.1, 0.15) is 18.1 Å². The number of esters is 1. The van der Waals surface area contributed by atoms with Crippen LogP contribution < -0.4 is 4.74 Å². The van der Waals surface area contributed by atoms with E-state index in [1.54, 1.807) is 0 Å². The zero-order chi connectivity index (χ0) is 15.4. The fourth-order valence-electron chi connectivity index (χ4n) is 2.16. The highest BCUT2D eigenvalue weighted by molar-refractivity contribution is 6.39. The first kappa shape index (κ1) is 15.2. The number of cyclic esters (lactones) is 1. The molecule has 5 nitrogen and oxygen atoms in total. The third-order valence-electron chi connectivity index (χ3n) is 3.46.